The Labute approximate surface area is 108 Å². The number of hydrogen-bond donors (Lipinski definition) is 0. The molecule has 100 valence electrons. The van der Waals surface area contributed by atoms with Gasteiger partial charge in [-0.1, -0.05) is 11.6 Å². The first kappa shape index (κ1) is 14.5. The van der Waals surface area contributed by atoms with Crippen molar-refractivity contribution in [3.63, 3.8) is 0 Å². The molecule has 0 fully saturated rings. The number of hydrogen-bond acceptors (Lipinski definition) is 4. The molecule has 1 rings (SSSR count). The number of carbonyl (C=O) groups excluding carboxylic acids is 2. The number of esters is 2. The van der Waals surface area contributed by atoms with Gasteiger partial charge in [0.1, 0.15) is 6.61 Å². The summed E-state index contributed by atoms with van der Waals surface area (Å²) in [5, 5.41) is 0. The Kier molecular flexibility index (Phi) is 5.62. The van der Waals surface area contributed by atoms with E-state index in [9.17, 15) is 9.59 Å². The monoisotopic (exact) mass is 252 g/mol. The van der Waals surface area contributed by atoms with Gasteiger partial charge >= 0.3 is 11.9 Å². The lowest BCUT2D eigenvalue weighted by molar-refractivity contribution is -0.147. The Morgan fingerprint density at radius 2 is 2.28 bits per heavy atom. The summed E-state index contributed by atoms with van der Waals surface area (Å²) in [5.41, 5.74) is 2.03. The van der Waals surface area contributed by atoms with Crippen molar-refractivity contribution in [2.75, 3.05) is 13.2 Å². The SMILES string of the molecule is CCOC(=O)[C@@H](CC=C(C)C)CC1=CC(=O)OC1. The third kappa shape index (κ3) is 4.73. The van der Waals surface area contributed by atoms with Crippen molar-refractivity contribution in [2.24, 2.45) is 5.92 Å². The van der Waals surface area contributed by atoms with Crippen LogP contribution in [0, 0.1) is 5.92 Å². The van der Waals surface area contributed by atoms with Crippen molar-refractivity contribution in [1.29, 1.82) is 0 Å². The third-order valence-electron chi connectivity index (χ3n) is 2.66. The predicted molar refractivity (Wildman–Crippen MR) is 67.8 cm³/mol. The molecule has 0 aromatic rings. The molecule has 0 aromatic carbocycles. The van der Waals surface area contributed by atoms with E-state index in [-0.39, 0.29) is 17.9 Å². The van der Waals surface area contributed by atoms with Crippen LogP contribution in [0.2, 0.25) is 0 Å². The summed E-state index contributed by atoms with van der Waals surface area (Å²) in [6, 6.07) is 0. The fraction of sp³-hybridized carbons (Fsp3) is 0.571. The highest BCUT2D eigenvalue weighted by Crippen LogP contribution is 2.21. The third-order valence-corrected chi connectivity index (χ3v) is 2.66. The summed E-state index contributed by atoms with van der Waals surface area (Å²) >= 11 is 0. The summed E-state index contributed by atoms with van der Waals surface area (Å²) in [7, 11) is 0. The van der Waals surface area contributed by atoms with Crippen molar-refractivity contribution >= 4 is 11.9 Å². The zero-order chi connectivity index (χ0) is 13.5. The van der Waals surface area contributed by atoms with Crippen molar-refractivity contribution in [2.45, 2.75) is 33.6 Å². The average Bonchev–Trinajstić information content (AvgIpc) is 2.70. The molecular weight excluding hydrogens is 232 g/mol. The van der Waals surface area contributed by atoms with E-state index >= 15 is 0 Å². The molecule has 18 heavy (non-hydrogen) atoms. The van der Waals surface area contributed by atoms with Gasteiger partial charge in [-0.15, -0.1) is 0 Å². The lowest BCUT2D eigenvalue weighted by Gasteiger charge is -2.14. The number of rotatable bonds is 6. The Balaban J connectivity index is 2.65. The number of cyclic esters (lactones) is 1. The molecule has 0 amide bonds. The lowest BCUT2D eigenvalue weighted by atomic mass is 9.95. The highest BCUT2D eigenvalue weighted by Gasteiger charge is 2.23. The number of carbonyl (C=O) groups is 2. The number of ether oxygens (including phenoxy) is 2. The Morgan fingerprint density at radius 3 is 2.78 bits per heavy atom. The van der Waals surface area contributed by atoms with Crippen molar-refractivity contribution in [1.82, 2.24) is 0 Å². The molecule has 0 aliphatic carbocycles. The van der Waals surface area contributed by atoms with Crippen LogP contribution in [0.1, 0.15) is 33.6 Å². The minimum absolute atomic E-state index is 0.213. The summed E-state index contributed by atoms with van der Waals surface area (Å²) in [6.07, 6.45) is 4.63. The molecule has 0 bridgehead atoms. The van der Waals surface area contributed by atoms with Gasteiger partial charge in [-0.3, -0.25) is 4.79 Å². The van der Waals surface area contributed by atoms with Crippen LogP contribution in [-0.2, 0) is 19.1 Å². The van der Waals surface area contributed by atoms with Crippen LogP contribution in [0.15, 0.2) is 23.3 Å². The molecule has 4 nitrogen and oxygen atoms in total. The fourth-order valence-corrected chi connectivity index (χ4v) is 1.75. The van der Waals surface area contributed by atoms with E-state index in [1.165, 1.54) is 6.08 Å². The van der Waals surface area contributed by atoms with Crippen LogP contribution >= 0.6 is 0 Å². The van der Waals surface area contributed by atoms with E-state index in [1.54, 1.807) is 6.92 Å². The average molecular weight is 252 g/mol. The number of allylic oxidation sites excluding steroid dienone is 2. The van der Waals surface area contributed by atoms with Crippen LogP contribution in [0.25, 0.3) is 0 Å². The van der Waals surface area contributed by atoms with Crippen LogP contribution in [0.5, 0.6) is 0 Å². The normalized spacial score (nSPS) is 15.7. The van der Waals surface area contributed by atoms with E-state index in [4.69, 9.17) is 9.47 Å². The van der Waals surface area contributed by atoms with E-state index in [0.29, 0.717) is 26.1 Å². The smallest absolute Gasteiger partial charge is 0.331 e. The summed E-state index contributed by atoms with van der Waals surface area (Å²) in [4.78, 5) is 22.8. The lowest BCUT2D eigenvalue weighted by Crippen LogP contribution is -2.18. The molecule has 0 saturated carbocycles. The predicted octanol–water partition coefficient (Wildman–Crippen LogP) is 2.40. The summed E-state index contributed by atoms with van der Waals surface area (Å²) in [6.45, 7) is 6.44. The zero-order valence-electron chi connectivity index (χ0n) is 11.2. The van der Waals surface area contributed by atoms with Gasteiger partial charge in [-0.2, -0.15) is 0 Å². The topological polar surface area (TPSA) is 52.6 Å². The molecule has 1 aliphatic heterocycles. The Bertz CT molecular complexity index is 375. The van der Waals surface area contributed by atoms with Crippen LogP contribution in [0.3, 0.4) is 0 Å². The Morgan fingerprint density at radius 1 is 1.56 bits per heavy atom. The van der Waals surface area contributed by atoms with Crippen LogP contribution < -0.4 is 0 Å². The molecule has 0 radical (unpaired) electrons. The summed E-state index contributed by atoms with van der Waals surface area (Å²) < 4.78 is 9.88. The van der Waals surface area contributed by atoms with Crippen molar-refractivity contribution < 1.29 is 19.1 Å². The van der Waals surface area contributed by atoms with E-state index < -0.39 is 0 Å². The highest BCUT2D eigenvalue weighted by molar-refractivity contribution is 5.85. The minimum atomic E-state index is -0.324. The molecule has 1 atom stereocenters. The van der Waals surface area contributed by atoms with Gasteiger partial charge in [0.2, 0.25) is 0 Å². The quantitative estimate of drug-likeness (QED) is 0.538. The van der Waals surface area contributed by atoms with Gasteiger partial charge in [0.25, 0.3) is 0 Å². The maximum absolute atomic E-state index is 11.8. The van der Waals surface area contributed by atoms with Crippen molar-refractivity contribution in [3.8, 4) is 0 Å². The summed E-state index contributed by atoms with van der Waals surface area (Å²) in [5.74, 6) is -0.773. The second-order valence-electron chi connectivity index (χ2n) is 4.58. The standard InChI is InChI=1S/C14H20O4/c1-4-17-14(16)12(6-5-10(2)3)7-11-8-13(15)18-9-11/h5,8,12H,4,6-7,9H2,1-3H3/t12-/m0/s1. The Hall–Kier alpha value is -1.58. The fourth-order valence-electron chi connectivity index (χ4n) is 1.75. The van der Waals surface area contributed by atoms with Gasteiger partial charge in [-0.25, -0.2) is 4.79 Å². The largest absolute Gasteiger partial charge is 0.466 e. The maximum atomic E-state index is 11.8. The molecule has 1 heterocycles. The van der Waals surface area contributed by atoms with Crippen LogP contribution in [0.4, 0.5) is 0 Å². The van der Waals surface area contributed by atoms with Crippen molar-refractivity contribution in [3.05, 3.63) is 23.3 Å². The van der Waals surface area contributed by atoms with Gasteiger partial charge < -0.3 is 9.47 Å². The van der Waals surface area contributed by atoms with E-state index in [2.05, 4.69) is 0 Å². The molecule has 1 aliphatic rings. The van der Waals surface area contributed by atoms with Gasteiger partial charge in [0.15, 0.2) is 0 Å². The molecule has 0 unspecified atom stereocenters. The van der Waals surface area contributed by atoms with E-state index in [1.807, 2.05) is 19.9 Å². The van der Waals surface area contributed by atoms with E-state index in [0.717, 1.165) is 11.1 Å². The van der Waals surface area contributed by atoms with Crippen LogP contribution in [-0.4, -0.2) is 25.2 Å². The second-order valence-corrected chi connectivity index (χ2v) is 4.58. The van der Waals surface area contributed by atoms with Gasteiger partial charge in [0.05, 0.1) is 12.5 Å². The minimum Gasteiger partial charge on any atom is -0.466 e. The molecule has 0 saturated heterocycles. The molecular formula is C14H20O4. The zero-order valence-corrected chi connectivity index (χ0v) is 11.2. The first-order valence-corrected chi connectivity index (χ1v) is 6.19. The molecule has 0 aromatic heterocycles. The van der Waals surface area contributed by atoms with Gasteiger partial charge in [0, 0.05) is 6.08 Å². The molecule has 0 spiro atoms. The second kappa shape index (κ2) is 6.99. The first-order chi connectivity index (χ1) is 8.52. The maximum Gasteiger partial charge on any atom is 0.331 e. The highest BCUT2D eigenvalue weighted by atomic mass is 16.5. The van der Waals surface area contributed by atoms with Gasteiger partial charge in [-0.05, 0) is 39.2 Å². The molecule has 4 heteroatoms. The first-order valence-electron chi connectivity index (χ1n) is 6.19. The molecule has 0 N–H and O–H groups in total.